The number of sulfonamides is 1. The quantitative estimate of drug-likeness (QED) is 0.706. The van der Waals surface area contributed by atoms with Crippen LogP contribution in [-0.4, -0.2) is 50.7 Å². The van der Waals surface area contributed by atoms with Gasteiger partial charge in [0.2, 0.25) is 15.9 Å². The lowest BCUT2D eigenvalue weighted by Gasteiger charge is -2.26. The Morgan fingerprint density at radius 3 is 2.74 bits per heavy atom. The lowest BCUT2D eigenvalue weighted by molar-refractivity contribution is -0.113. The van der Waals surface area contributed by atoms with E-state index in [1.54, 1.807) is 12.1 Å². The van der Waals surface area contributed by atoms with Gasteiger partial charge < -0.3 is 10.1 Å². The van der Waals surface area contributed by atoms with Crippen molar-refractivity contribution in [2.45, 2.75) is 10.6 Å². The molecule has 6 nitrogen and oxygen atoms in total. The monoisotopic (exact) mass is 446 g/mol. The number of ether oxygens (including phenoxy) is 1. The molecular weight excluding hydrogens is 428 g/mol. The molecule has 146 valence electrons. The minimum atomic E-state index is -3.59. The number of rotatable bonds is 7. The summed E-state index contributed by atoms with van der Waals surface area (Å²) in [5, 5.41) is 2.76. The maximum Gasteiger partial charge on any atom is 0.243 e. The van der Waals surface area contributed by atoms with E-state index in [9.17, 15) is 13.2 Å². The molecule has 1 aliphatic rings. The summed E-state index contributed by atoms with van der Waals surface area (Å²) in [6.07, 6.45) is 0. The molecule has 1 aliphatic heterocycles. The van der Waals surface area contributed by atoms with E-state index < -0.39 is 10.0 Å². The average molecular weight is 447 g/mol. The molecule has 27 heavy (non-hydrogen) atoms. The number of carbonyl (C=O) groups is 1. The van der Waals surface area contributed by atoms with Crippen LogP contribution in [-0.2, 0) is 25.3 Å². The van der Waals surface area contributed by atoms with Crippen LogP contribution in [0.25, 0.3) is 0 Å². The second kappa shape index (κ2) is 9.40. The highest BCUT2D eigenvalue weighted by Crippen LogP contribution is 2.25. The molecule has 1 N–H and O–H groups in total. The van der Waals surface area contributed by atoms with Crippen molar-refractivity contribution >= 4 is 56.3 Å². The molecule has 0 atom stereocenters. The summed E-state index contributed by atoms with van der Waals surface area (Å²) in [4.78, 5) is 13.4. The number of benzene rings is 1. The Bertz CT molecular complexity index is 895. The predicted octanol–water partition coefficient (Wildman–Crippen LogP) is 3.29. The fraction of sp³-hybridized carbons (Fsp3) is 0.353. The molecule has 1 fully saturated rings. The molecule has 1 amide bonds. The first-order chi connectivity index (χ1) is 12.9. The number of halogens is 1. The Labute approximate surface area is 171 Å². The third-order valence-electron chi connectivity index (χ3n) is 3.83. The maximum absolute atomic E-state index is 12.7. The molecule has 0 spiro atoms. The number of amides is 1. The molecule has 1 aromatic carbocycles. The summed E-state index contributed by atoms with van der Waals surface area (Å²) in [7, 11) is -3.59. The van der Waals surface area contributed by atoms with Crippen LogP contribution in [0.1, 0.15) is 4.88 Å². The fourth-order valence-corrected chi connectivity index (χ4v) is 6.02. The molecule has 1 saturated heterocycles. The largest absolute Gasteiger partial charge is 0.379 e. The molecule has 0 saturated carbocycles. The summed E-state index contributed by atoms with van der Waals surface area (Å²) in [5.74, 6) is 0.801. The number of thiophene rings is 1. The summed E-state index contributed by atoms with van der Waals surface area (Å²) in [6.45, 7) is 1.45. The van der Waals surface area contributed by atoms with Gasteiger partial charge in [-0.05, 0) is 30.3 Å². The molecule has 3 rings (SSSR count). The molecule has 0 unspecified atom stereocenters. The van der Waals surface area contributed by atoms with Crippen LogP contribution < -0.4 is 5.32 Å². The number of hydrogen-bond donors (Lipinski definition) is 1. The van der Waals surface area contributed by atoms with Crippen molar-refractivity contribution in [1.29, 1.82) is 0 Å². The summed E-state index contributed by atoms with van der Waals surface area (Å²) >= 11 is 8.86. The third-order valence-corrected chi connectivity index (χ3v) is 8.12. The summed E-state index contributed by atoms with van der Waals surface area (Å²) in [6, 6.07) is 10.1. The Morgan fingerprint density at radius 1 is 1.26 bits per heavy atom. The number of nitrogens with zero attached hydrogens (tertiary/aromatic N) is 1. The van der Waals surface area contributed by atoms with E-state index in [2.05, 4.69) is 5.32 Å². The zero-order valence-electron chi connectivity index (χ0n) is 14.4. The van der Waals surface area contributed by atoms with Crippen LogP contribution in [0.3, 0.4) is 0 Å². The van der Waals surface area contributed by atoms with Crippen LogP contribution >= 0.6 is 34.7 Å². The zero-order valence-corrected chi connectivity index (χ0v) is 17.6. The molecular formula is C17H19ClN2O4S3. The van der Waals surface area contributed by atoms with Crippen molar-refractivity contribution in [3.63, 3.8) is 0 Å². The molecule has 1 aromatic heterocycles. The van der Waals surface area contributed by atoms with E-state index in [-0.39, 0.29) is 16.6 Å². The Balaban J connectivity index is 1.57. The smallest absolute Gasteiger partial charge is 0.243 e. The minimum absolute atomic E-state index is 0.170. The molecule has 10 heteroatoms. The van der Waals surface area contributed by atoms with E-state index in [0.717, 1.165) is 9.21 Å². The van der Waals surface area contributed by atoms with Crippen molar-refractivity contribution in [2.24, 2.45) is 0 Å². The van der Waals surface area contributed by atoms with E-state index in [4.69, 9.17) is 16.3 Å². The number of hydrogen-bond acceptors (Lipinski definition) is 6. The van der Waals surface area contributed by atoms with Gasteiger partial charge in [-0.2, -0.15) is 4.31 Å². The van der Waals surface area contributed by atoms with Gasteiger partial charge >= 0.3 is 0 Å². The van der Waals surface area contributed by atoms with E-state index in [0.29, 0.717) is 37.7 Å². The van der Waals surface area contributed by atoms with E-state index in [1.165, 1.54) is 39.5 Å². The molecule has 0 bridgehead atoms. The van der Waals surface area contributed by atoms with Gasteiger partial charge in [-0.1, -0.05) is 17.7 Å². The Kier molecular flexibility index (Phi) is 7.18. The number of anilines is 1. The minimum Gasteiger partial charge on any atom is -0.379 e. The van der Waals surface area contributed by atoms with E-state index in [1.807, 2.05) is 12.1 Å². The zero-order chi connectivity index (χ0) is 19.3. The number of carbonyl (C=O) groups excluding carboxylic acids is 1. The second-order valence-corrected chi connectivity index (χ2v) is 10.5. The maximum atomic E-state index is 12.7. The van der Waals surface area contributed by atoms with Crippen LogP contribution in [0, 0.1) is 0 Å². The molecule has 0 radical (unpaired) electrons. The molecule has 0 aliphatic carbocycles. The summed E-state index contributed by atoms with van der Waals surface area (Å²) < 4.78 is 32.7. The van der Waals surface area contributed by atoms with Crippen LogP contribution in [0.15, 0.2) is 41.3 Å². The van der Waals surface area contributed by atoms with Crippen molar-refractivity contribution < 1.29 is 17.9 Å². The lowest BCUT2D eigenvalue weighted by atomic mass is 10.3. The van der Waals surface area contributed by atoms with Crippen molar-refractivity contribution in [2.75, 3.05) is 37.4 Å². The first-order valence-electron chi connectivity index (χ1n) is 8.25. The van der Waals surface area contributed by atoms with Gasteiger partial charge in [-0.3, -0.25) is 4.79 Å². The fourth-order valence-electron chi connectivity index (χ4n) is 2.54. The highest BCUT2D eigenvalue weighted by atomic mass is 35.5. The van der Waals surface area contributed by atoms with Gasteiger partial charge in [0, 0.05) is 29.4 Å². The molecule has 2 heterocycles. The van der Waals surface area contributed by atoms with Gasteiger partial charge in [0.1, 0.15) is 0 Å². The van der Waals surface area contributed by atoms with Crippen LogP contribution in [0.4, 0.5) is 5.69 Å². The Morgan fingerprint density at radius 2 is 2.04 bits per heavy atom. The number of nitrogens with one attached hydrogen (secondary N) is 1. The number of thioether (sulfide) groups is 1. The topological polar surface area (TPSA) is 75.7 Å². The normalized spacial score (nSPS) is 15.6. The third kappa shape index (κ3) is 5.69. The van der Waals surface area contributed by atoms with Crippen molar-refractivity contribution in [3.8, 4) is 0 Å². The standard InChI is InChI=1S/C17H19ClN2O4S3/c18-16-5-4-14(26-16)11-25-12-17(21)19-13-2-1-3-15(10-13)27(22,23)20-6-8-24-9-7-20/h1-5,10H,6-9,11-12H2,(H,19,21). The Hall–Kier alpha value is -1.10. The summed E-state index contributed by atoms with van der Waals surface area (Å²) in [5.41, 5.74) is 0.467. The van der Waals surface area contributed by atoms with Crippen molar-refractivity contribution in [1.82, 2.24) is 4.31 Å². The van der Waals surface area contributed by atoms with Gasteiger partial charge in [-0.25, -0.2) is 8.42 Å². The highest BCUT2D eigenvalue weighted by Gasteiger charge is 2.26. The van der Waals surface area contributed by atoms with E-state index >= 15 is 0 Å². The van der Waals surface area contributed by atoms with Gasteiger partial charge in [-0.15, -0.1) is 23.1 Å². The van der Waals surface area contributed by atoms with Crippen LogP contribution in [0.2, 0.25) is 4.34 Å². The SMILES string of the molecule is O=C(CSCc1ccc(Cl)s1)Nc1cccc(S(=O)(=O)N2CCOCC2)c1. The second-order valence-electron chi connectivity index (χ2n) is 5.79. The van der Waals surface area contributed by atoms with Gasteiger partial charge in [0.05, 0.1) is 28.2 Å². The van der Waals surface area contributed by atoms with Crippen molar-refractivity contribution in [3.05, 3.63) is 45.6 Å². The first kappa shape index (κ1) is 20.6. The van der Waals surface area contributed by atoms with Gasteiger partial charge in [0.25, 0.3) is 0 Å². The highest BCUT2D eigenvalue weighted by molar-refractivity contribution is 7.99. The van der Waals surface area contributed by atoms with Crippen LogP contribution in [0.5, 0.6) is 0 Å². The molecule has 2 aromatic rings. The predicted molar refractivity (Wildman–Crippen MR) is 110 cm³/mol. The first-order valence-corrected chi connectivity index (χ1v) is 12.0. The average Bonchev–Trinajstić information content (AvgIpc) is 3.08. The lowest BCUT2D eigenvalue weighted by Crippen LogP contribution is -2.40. The van der Waals surface area contributed by atoms with Gasteiger partial charge in [0.15, 0.2) is 0 Å². The number of morpholine rings is 1.